The summed E-state index contributed by atoms with van der Waals surface area (Å²) in [5, 5.41) is 9.30. The van der Waals surface area contributed by atoms with E-state index in [9.17, 15) is 9.90 Å². The van der Waals surface area contributed by atoms with Crippen molar-refractivity contribution in [2.45, 2.75) is 51.4 Å². The minimum atomic E-state index is -0.191. The van der Waals surface area contributed by atoms with E-state index in [2.05, 4.69) is 24.3 Å². The normalized spacial score (nSPS) is 23.7. The summed E-state index contributed by atoms with van der Waals surface area (Å²) in [4.78, 5) is 14.3. The first kappa shape index (κ1) is 16.1. The minimum Gasteiger partial charge on any atom is -0.396 e. The molecule has 0 bridgehead atoms. The molecule has 3 nitrogen and oxygen atoms in total. The van der Waals surface area contributed by atoms with Crippen molar-refractivity contribution in [3.05, 3.63) is 35.4 Å². The Morgan fingerprint density at radius 3 is 2.62 bits per heavy atom. The van der Waals surface area contributed by atoms with Gasteiger partial charge in [-0.3, -0.25) is 4.79 Å². The predicted molar refractivity (Wildman–Crippen MR) is 94.7 cm³/mol. The van der Waals surface area contributed by atoms with Crippen LogP contribution in [0.15, 0.2) is 24.3 Å². The fraction of sp³-hybridized carbons (Fsp3) is 0.667. The van der Waals surface area contributed by atoms with Crippen molar-refractivity contribution >= 4 is 5.91 Å². The third-order valence-corrected chi connectivity index (χ3v) is 6.45. The molecule has 1 N–H and O–H groups in total. The zero-order chi connectivity index (χ0) is 16.7. The number of benzene rings is 1. The molecule has 130 valence electrons. The van der Waals surface area contributed by atoms with Crippen LogP contribution in [-0.2, 0) is 11.2 Å². The molecule has 0 radical (unpaired) electrons. The zero-order valence-electron chi connectivity index (χ0n) is 14.7. The molecule has 1 saturated heterocycles. The van der Waals surface area contributed by atoms with Gasteiger partial charge < -0.3 is 10.0 Å². The number of amides is 1. The quantitative estimate of drug-likeness (QED) is 0.870. The van der Waals surface area contributed by atoms with Crippen LogP contribution in [0, 0.1) is 17.3 Å². The van der Waals surface area contributed by atoms with Gasteiger partial charge in [-0.1, -0.05) is 31.2 Å². The minimum absolute atomic E-state index is 0.0145. The number of carbonyl (C=O) groups excluding carboxylic acids is 1. The van der Waals surface area contributed by atoms with Gasteiger partial charge in [-0.05, 0) is 61.5 Å². The van der Waals surface area contributed by atoms with Gasteiger partial charge in [-0.15, -0.1) is 0 Å². The molecular formula is C21H29NO2. The number of hydrogen-bond acceptors (Lipinski definition) is 2. The third kappa shape index (κ3) is 2.88. The highest BCUT2D eigenvalue weighted by atomic mass is 16.3. The maximum absolute atomic E-state index is 12.3. The van der Waals surface area contributed by atoms with Crippen molar-refractivity contribution in [1.29, 1.82) is 0 Å². The van der Waals surface area contributed by atoms with E-state index in [-0.39, 0.29) is 18.4 Å². The lowest BCUT2D eigenvalue weighted by atomic mass is 9.56. The Bertz CT molecular complexity index is 604. The van der Waals surface area contributed by atoms with Gasteiger partial charge in [0.1, 0.15) is 0 Å². The Morgan fingerprint density at radius 1 is 1.29 bits per heavy atom. The summed E-state index contributed by atoms with van der Waals surface area (Å²) < 4.78 is 0. The van der Waals surface area contributed by atoms with Gasteiger partial charge in [0.25, 0.3) is 0 Å². The Kier molecular flexibility index (Phi) is 4.16. The molecule has 1 aromatic rings. The van der Waals surface area contributed by atoms with Crippen LogP contribution >= 0.6 is 0 Å². The highest BCUT2D eigenvalue weighted by Gasteiger charge is 2.53. The lowest BCUT2D eigenvalue weighted by Gasteiger charge is -2.59. The Morgan fingerprint density at radius 2 is 2.00 bits per heavy atom. The molecule has 2 saturated carbocycles. The molecule has 24 heavy (non-hydrogen) atoms. The molecule has 1 atom stereocenters. The van der Waals surface area contributed by atoms with E-state index in [0.29, 0.717) is 5.41 Å². The second-order valence-electron chi connectivity index (χ2n) is 8.43. The summed E-state index contributed by atoms with van der Waals surface area (Å²) in [7, 11) is 0. The topological polar surface area (TPSA) is 40.5 Å². The van der Waals surface area contributed by atoms with Crippen LogP contribution in [0.25, 0.3) is 0 Å². The van der Waals surface area contributed by atoms with Crippen molar-refractivity contribution in [3.8, 4) is 0 Å². The maximum Gasteiger partial charge on any atom is 0.228 e. The fourth-order valence-electron chi connectivity index (χ4n) is 4.95. The standard InChI is InChI=1S/C21H29NO2/c1-2-16(12-23)20(24)22-13-21(14-22)10-15(11-21)9-18-5-3-4-6-19(18)17-7-8-17/h3-6,15-17,23H,2,7-14H2,1H3/t16-/m1/s1. The molecule has 3 aliphatic rings. The monoisotopic (exact) mass is 327 g/mol. The van der Waals surface area contributed by atoms with Gasteiger partial charge in [-0.25, -0.2) is 0 Å². The van der Waals surface area contributed by atoms with E-state index in [1.165, 1.54) is 32.1 Å². The molecule has 1 aliphatic heterocycles. The summed E-state index contributed by atoms with van der Waals surface area (Å²) in [6.45, 7) is 3.80. The van der Waals surface area contributed by atoms with Crippen LogP contribution in [0.1, 0.15) is 56.1 Å². The fourth-order valence-corrected chi connectivity index (χ4v) is 4.95. The Hall–Kier alpha value is -1.35. The number of hydrogen-bond donors (Lipinski definition) is 1. The Balaban J connectivity index is 1.28. The zero-order valence-corrected chi connectivity index (χ0v) is 14.7. The first-order chi connectivity index (χ1) is 11.6. The van der Waals surface area contributed by atoms with Gasteiger partial charge in [-0.2, -0.15) is 0 Å². The highest BCUT2D eigenvalue weighted by Crippen LogP contribution is 2.53. The smallest absolute Gasteiger partial charge is 0.228 e. The van der Waals surface area contributed by atoms with Crippen LogP contribution in [0.2, 0.25) is 0 Å². The van der Waals surface area contributed by atoms with Crippen molar-refractivity contribution in [1.82, 2.24) is 4.90 Å². The predicted octanol–water partition coefficient (Wildman–Crippen LogP) is 3.36. The van der Waals surface area contributed by atoms with Crippen LogP contribution < -0.4 is 0 Å². The van der Waals surface area contributed by atoms with E-state index in [1.54, 1.807) is 11.1 Å². The summed E-state index contributed by atoms with van der Waals surface area (Å²) in [5.41, 5.74) is 3.57. The SMILES string of the molecule is CC[C@H](CO)C(=O)N1CC2(CC(Cc3ccccc3C3CC3)C2)C1. The van der Waals surface area contributed by atoms with Gasteiger partial charge in [0, 0.05) is 18.5 Å². The van der Waals surface area contributed by atoms with Crippen molar-refractivity contribution < 1.29 is 9.90 Å². The van der Waals surface area contributed by atoms with Crippen LogP contribution in [0.3, 0.4) is 0 Å². The summed E-state index contributed by atoms with van der Waals surface area (Å²) in [5.74, 6) is 1.59. The number of rotatable bonds is 6. The third-order valence-electron chi connectivity index (χ3n) is 6.45. The average molecular weight is 327 g/mol. The molecule has 1 amide bonds. The molecular weight excluding hydrogens is 298 g/mol. The van der Waals surface area contributed by atoms with Crippen molar-refractivity contribution in [2.75, 3.05) is 19.7 Å². The Labute approximate surface area is 145 Å². The van der Waals surface area contributed by atoms with Gasteiger partial charge in [0.15, 0.2) is 0 Å². The van der Waals surface area contributed by atoms with E-state index < -0.39 is 0 Å². The second kappa shape index (κ2) is 6.18. The van der Waals surface area contributed by atoms with Crippen LogP contribution in [0.4, 0.5) is 0 Å². The van der Waals surface area contributed by atoms with Gasteiger partial charge in [0.05, 0.1) is 12.5 Å². The first-order valence-electron chi connectivity index (χ1n) is 9.61. The molecule has 3 heteroatoms. The molecule has 2 aliphatic carbocycles. The molecule has 0 aromatic heterocycles. The molecule has 1 spiro atoms. The molecule has 3 fully saturated rings. The van der Waals surface area contributed by atoms with E-state index in [4.69, 9.17) is 0 Å². The molecule has 1 heterocycles. The number of likely N-dealkylation sites (tertiary alicyclic amines) is 1. The largest absolute Gasteiger partial charge is 0.396 e. The van der Waals surface area contributed by atoms with Gasteiger partial charge in [0.2, 0.25) is 5.91 Å². The molecule has 1 aromatic carbocycles. The summed E-state index contributed by atoms with van der Waals surface area (Å²) >= 11 is 0. The number of nitrogens with zero attached hydrogens (tertiary/aromatic N) is 1. The summed E-state index contributed by atoms with van der Waals surface area (Å²) in [6, 6.07) is 9.01. The highest BCUT2D eigenvalue weighted by molar-refractivity contribution is 5.80. The summed E-state index contributed by atoms with van der Waals surface area (Å²) in [6.07, 6.45) is 7.23. The first-order valence-corrected chi connectivity index (χ1v) is 9.61. The van der Waals surface area contributed by atoms with Crippen molar-refractivity contribution in [2.24, 2.45) is 17.3 Å². The number of aliphatic hydroxyl groups is 1. The molecule has 0 unspecified atom stereocenters. The lowest BCUT2D eigenvalue weighted by molar-refractivity contribution is -0.160. The number of carbonyl (C=O) groups is 1. The average Bonchev–Trinajstić information content (AvgIpc) is 3.34. The van der Waals surface area contributed by atoms with E-state index >= 15 is 0 Å². The van der Waals surface area contributed by atoms with E-state index in [1.807, 2.05) is 11.8 Å². The van der Waals surface area contributed by atoms with Crippen LogP contribution in [0.5, 0.6) is 0 Å². The van der Waals surface area contributed by atoms with Crippen LogP contribution in [-0.4, -0.2) is 35.6 Å². The molecule has 4 rings (SSSR count). The van der Waals surface area contributed by atoms with E-state index in [0.717, 1.165) is 31.3 Å². The van der Waals surface area contributed by atoms with Crippen molar-refractivity contribution in [3.63, 3.8) is 0 Å². The lowest BCUT2D eigenvalue weighted by Crippen LogP contribution is -2.64. The number of aliphatic hydroxyl groups excluding tert-OH is 1. The van der Waals surface area contributed by atoms with Gasteiger partial charge >= 0.3 is 0 Å². The maximum atomic E-state index is 12.3. The second-order valence-corrected chi connectivity index (χ2v) is 8.43.